The van der Waals surface area contributed by atoms with Crippen molar-refractivity contribution in [2.45, 2.75) is 39.3 Å². The van der Waals surface area contributed by atoms with Crippen molar-refractivity contribution in [3.05, 3.63) is 47.0 Å². The summed E-state index contributed by atoms with van der Waals surface area (Å²) in [5.41, 5.74) is 4.40. The van der Waals surface area contributed by atoms with Gasteiger partial charge in [-0.3, -0.25) is 9.89 Å². The topological polar surface area (TPSA) is 98.5 Å². The Morgan fingerprint density at radius 1 is 1.31 bits per heavy atom. The maximum absolute atomic E-state index is 12.9. The molecule has 0 bridgehead atoms. The van der Waals surface area contributed by atoms with Crippen LogP contribution in [-0.4, -0.2) is 32.6 Å². The summed E-state index contributed by atoms with van der Waals surface area (Å²) in [7, 11) is 0. The molecule has 1 atom stereocenters. The lowest BCUT2D eigenvalue weighted by molar-refractivity contribution is 0.0924. The summed E-state index contributed by atoms with van der Waals surface area (Å²) in [4.78, 5) is 20.9. The Hall–Kier alpha value is -2.67. The van der Waals surface area contributed by atoms with Gasteiger partial charge >= 0.3 is 0 Å². The third kappa shape index (κ3) is 3.22. The average Bonchev–Trinajstić information content (AvgIpc) is 3.25. The van der Waals surface area contributed by atoms with Crippen molar-refractivity contribution in [3.8, 4) is 0 Å². The molecule has 0 saturated heterocycles. The molecule has 2 aromatic heterocycles. The number of nitrogens with zero attached hydrogens (tertiary/aromatic N) is 2. The number of rotatable bonds is 5. The second-order valence-corrected chi connectivity index (χ2v) is 7.25. The fraction of sp³-hybridized carbons (Fsp3) is 0.421. The van der Waals surface area contributed by atoms with Gasteiger partial charge in [-0.1, -0.05) is 26.0 Å². The van der Waals surface area contributed by atoms with Gasteiger partial charge < -0.3 is 15.6 Å². The third-order valence-electron chi connectivity index (χ3n) is 4.77. The first kappa shape index (κ1) is 16.8. The molecule has 26 heavy (non-hydrogen) atoms. The molecule has 1 aromatic carbocycles. The van der Waals surface area contributed by atoms with Crippen molar-refractivity contribution in [1.29, 1.82) is 0 Å². The zero-order valence-corrected chi connectivity index (χ0v) is 15.1. The summed E-state index contributed by atoms with van der Waals surface area (Å²) in [6, 6.07) is 7.73. The first-order valence-corrected chi connectivity index (χ1v) is 9.14. The molecule has 3 heterocycles. The van der Waals surface area contributed by atoms with Crippen molar-refractivity contribution in [1.82, 2.24) is 30.8 Å². The summed E-state index contributed by atoms with van der Waals surface area (Å²) in [6.45, 7) is 5.86. The number of benzene rings is 1. The minimum atomic E-state index is -0.182. The van der Waals surface area contributed by atoms with Crippen LogP contribution in [0.4, 0.5) is 0 Å². The highest BCUT2D eigenvalue weighted by Crippen LogP contribution is 2.23. The molecule has 4 N–H and O–H groups in total. The van der Waals surface area contributed by atoms with Crippen LogP contribution in [0.15, 0.2) is 24.3 Å². The van der Waals surface area contributed by atoms with Gasteiger partial charge in [0, 0.05) is 30.8 Å². The lowest BCUT2D eigenvalue weighted by Gasteiger charge is -2.19. The number of aromatic nitrogens is 4. The van der Waals surface area contributed by atoms with Crippen molar-refractivity contribution in [2.24, 2.45) is 5.92 Å². The zero-order valence-electron chi connectivity index (χ0n) is 15.1. The molecule has 1 unspecified atom stereocenters. The van der Waals surface area contributed by atoms with Gasteiger partial charge in [-0.25, -0.2) is 4.98 Å². The van der Waals surface area contributed by atoms with Crippen molar-refractivity contribution in [3.63, 3.8) is 0 Å². The van der Waals surface area contributed by atoms with Gasteiger partial charge in [-0.2, -0.15) is 5.10 Å². The largest absolute Gasteiger partial charge is 0.341 e. The van der Waals surface area contributed by atoms with E-state index in [2.05, 4.69) is 44.6 Å². The second-order valence-electron chi connectivity index (χ2n) is 7.25. The summed E-state index contributed by atoms with van der Waals surface area (Å²) >= 11 is 0. The Morgan fingerprint density at radius 3 is 2.96 bits per heavy atom. The quantitative estimate of drug-likeness (QED) is 0.567. The van der Waals surface area contributed by atoms with Crippen molar-refractivity contribution < 1.29 is 4.79 Å². The van der Waals surface area contributed by atoms with Crippen LogP contribution in [0, 0.1) is 5.92 Å². The van der Waals surface area contributed by atoms with E-state index in [1.54, 1.807) is 0 Å². The van der Waals surface area contributed by atoms with Crippen molar-refractivity contribution in [2.75, 3.05) is 6.54 Å². The predicted molar refractivity (Wildman–Crippen MR) is 99.8 cm³/mol. The maximum Gasteiger partial charge on any atom is 0.272 e. The molecular weight excluding hydrogens is 328 g/mol. The van der Waals surface area contributed by atoms with Crippen LogP contribution in [0.3, 0.4) is 0 Å². The fourth-order valence-corrected chi connectivity index (χ4v) is 3.49. The number of aromatic amines is 2. The summed E-state index contributed by atoms with van der Waals surface area (Å²) in [6.07, 6.45) is 1.67. The second kappa shape index (κ2) is 6.92. The standard InChI is InChI=1S/C19H24N6O/c1-11(2)9-16(18-21-14-5-3-4-6-15(14)22-18)23-19(26)17-12-10-20-8-7-13(12)24-25-17/h3-6,11,16,20H,7-10H2,1-2H3,(H,21,22)(H,23,26)(H,24,25). The Balaban J connectivity index is 1.60. The molecule has 1 amide bonds. The van der Waals surface area contributed by atoms with Gasteiger partial charge in [0.1, 0.15) is 5.82 Å². The highest BCUT2D eigenvalue weighted by molar-refractivity contribution is 5.94. The Labute approximate surface area is 152 Å². The molecule has 3 aromatic rings. The Bertz CT molecular complexity index is 892. The van der Waals surface area contributed by atoms with Crippen LogP contribution in [0.2, 0.25) is 0 Å². The molecular formula is C19H24N6O. The van der Waals surface area contributed by atoms with Crippen LogP contribution in [0.5, 0.6) is 0 Å². The van der Waals surface area contributed by atoms with E-state index in [1.807, 2.05) is 24.3 Å². The summed E-state index contributed by atoms with van der Waals surface area (Å²) < 4.78 is 0. The number of fused-ring (bicyclic) bond motifs is 2. The highest BCUT2D eigenvalue weighted by Gasteiger charge is 2.25. The minimum absolute atomic E-state index is 0.155. The molecule has 0 fully saturated rings. The molecule has 4 rings (SSSR count). The van der Waals surface area contributed by atoms with Crippen LogP contribution in [0.1, 0.15) is 53.9 Å². The van der Waals surface area contributed by atoms with Gasteiger partial charge in [-0.15, -0.1) is 0 Å². The van der Waals surface area contributed by atoms with E-state index in [9.17, 15) is 4.79 Å². The lowest BCUT2D eigenvalue weighted by atomic mass is 10.0. The molecule has 1 aliphatic heterocycles. The van der Waals surface area contributed by atoms with E-state index in [-0.39, 0.29) is 11.9 Å². The van der Waals surface area contributed by atoms with Gasteiger partial charge in [0.25, 0.3) is 5.91 Å². The van der Waals surface area contributed by atoms with E-state index < -0.39 is 0 Å². The first-order chi connectivity index (χ1) is 12.6. The molecule has 1 aliphatic rings. The van der Waals surface area contributed by atoms with E-state index >= 15 is 0 Å². The number of nitrogens with one attached hydrogen (secondary N) is 4. The number of para-hydroxylation sites is 2. The van der Waals surface area contributed by atoms with E-state index in [0.29, 0.717) is 18.2 Å². The molecule has 0 aliphatic carbocycles. The van der Waals surface area contributed by atoms with Gasteiger partial charge in [0.05, 0.1) is 17.1 Å². The number of imidazole rings is 1. The van der Waals surface area contributed by atoms with Gasteiger partial charge in [0.2, 0.25) is 0 Å². The van der Waals surface area contributed by atoms with Gasteiger partial charge in [0.15, 0.2) is 5.69 Å². The highest BCUT2D eigenvalue weighted by atomic mass is 16.2. The van der Waals surface area contributed by atoms with Gasteiger partial charge in [-0.05, 0) is 24.5 Å². The van der Waals surface area contributed by atoms with E-state index in [4.69, 9.17) is 0 Å². The zero-order chi connectivity index (χ0) is 18.1. The summed E-state index contributed by atoms with van der Waals surface area (Å²) in [5, 5.41) is 13.7. The number of H-pyrrole nitrogens is 2. The number of hydrogen-bond donors (Lipinski definition) is 4. The number of carbonyl (C=O) groups excluding carboxylic acids is 1. The minimum Gasteiger partial charge on any atom is -0.341 e. The van der Waals surface area contributed by atoms with Crippen LogP contribution in [-0.2, 0) is 13.0 Å². The van der Waals surface area contributed by atoms with Crippen LogP contribution in [0.25, 0.3) is 11.0 Å². The fourth-order valence-electron chi connectivity index (χ4n) is 3.49. The molecule has 7 nitrogen and oxygen atoms in total. The Kier molecular flexibility index (Phi) is 4.46. The monoisotopic (exact) mass is 352 g/mol. The normalized spacial score (nSPS) is 15.2. The lowest BCUT2D eigenvalue weighted by Crippen LogP contribution is -2.32. The van der Waals surface area contributed by atoms with E-state index in [1.165, 1.54) is 0 Å². The SMILES string of the molecule is CC(C)CC(NC(=O)c1n[nH]c2c1CNCC2)c1nc2ccccc2[nH]1. The molecule has 0 spiro atoms. The Morgan fingerprint density at radius 2 is 2.15 bits per heavy atom. The molecule has 7 heteroatoms. The molecule has 136 valence electrons. The van der Waals surface area contributed by atoms with Crippen LogP contribution >= 0.6 is 0 Å². The summed E-state index contributed by atoms with van der Waals surface area (Å²) in [5.74, 6) is 1.05. The molecule has 0 radical (unpaired) electrons. The maximum atomic E-state index is 12.9. The molecule has 0 saturated carbocycles. The average molecular weight is 352 g/mol. The third-order valence-corrected chi connectivity index (χ3v) is 4.77. The number of hydrogen-bond acceptors (Lipinski definition) is 4. The number of amides is 1. The van der Waals surface area contributed by atoms with E-state index in [0.717, 1.165) is 47.5 Å². The number of carbonyl (C=O) groups is 1. The van der Waals surface area contributed by atoms with Crippen molar-refractivity contribution >= 4 is 16.9 Å². The predicted octanol–water partition coefficient (Wildman–Crippen LogP) is 2.45. The van der Waals surface area contributed by atoms with Crippen LogP contribution < -0.4 is 10.6 Å². The first-order valence-electron chi connectivity index (χ1n) is 9.14. The smallest absolute Gasteiger partial charge is 0.272 e.